The largest absolute Gasteiger partial charge is 0.478 e. The average Bonchev–Trinajstić information content (AvgIpc) is 3.53. The summed E-state index contributed by atoms with van der Waals surface area (Å²) in [6.07, 6.45) is 1.60. The molecule has 0 bridgehead atoms. The van der Waals surface area contributed by atoms with Crippen LogP contribution in [0, 0.1) is 5.82 Å². The standard InChI is InChI=1S/C30H22FN3O5/c1-18-26(29(36)34(33-18)24-12-8-22(9-13-24)30(37)38)16-25-14-15-27(39-25)20-4-6-21(7-5-20)28(35)32-17-19-2-10-23(31)11-3-19/h2-16H,17H2,1H3,(H,32,35)(H,37,38). The second kappa shape index (κ2) is 10.6. The van der Waals surface area contributed by atoms with Crippen LogP contribution >= 0.6 is 0 Å². The highest BCUT2D eigenvalue weighted by atomic mass is 19.1. The maximum Gasteiger partial charge on any atom is 0.335 e. The van der Waals surface area contributed by atoms with E-state index in [2.05, 4.69) is 10.4 Å². The zero-order valence-electron chi connectivity index (χ0n) is 20.7. The van der Waals surface area contributed by atoms with Gasteiger partial charge in [-0.05, 0) is 79.2 Å². The number of rotatable bonds is 7. The van der Waals surface area contributed by atoms with E-state index < -0.39 is 5.97 Å². The Morgan fingerprint density at radius 1 is 0.949 bits per heavy atom. The lowest BCUT2D eigenvalue weighted by molar-refractivity contribution is -0.114. The van der Waals surface area contributed by atoms with Crippen LogP contribution in [0.5, 0.6) is 0 Å². The molecule has 8 nitrogen and oxygen atoms in total. The predicted octanol–water partition coefficient (Wildman–Crippen LogP) is 5.52. The maximum atomic E-state index is 13.0. The number of carboxylic acids is 1. The minimum absolute atomic E-state index is 0.114. The second-order valence-electron chi connectivity index (χ2n) is 8.80. The van der Waals surface area contributed by atoms with Gasteiger partial charge in [-0.25, -0.2) is 9.18 Å². The maximum absolute atomic E-state index is 13.0. The number of hydrogen-bond acceptors (Lipinski definition) is 5. The van der Waals surface area contributed by atoms with E-state index in [1.807, 2.05) is 0 Å². The quantitative estimate of drug-likeness (QED) is 0.310. The Balaban J connectivity index is 1.25. The minimum Gasteiger partial charge on any atom is -0.478 e. The highest BCUT2D eigenvalue weighted by Gasteiger charge is 2.29. The highest BCUT2D eigenvalue weighted by Crippen LogP contribution is 2.28. The van der Waals surface area contributed by atoms with Crippen molar-refractivity contribution in [3.8, 4) is 11.3 Å². The van der Waals surface area contributed by atoms with Gasteiger partial charge in [0.2, 0.25) is 0 Å². The molecule has 1 aliphatic rings. The number of aromatic carboxylic acids is 1. The Morgan fingerprint density at radius 3 is 2.28 bits per heavy atom. The highest BCUT2D eigenvalue weighted by molar-refractivity contribution is 6.32. The van der Waals surface area contributed by atoms with Crippen molar-refractivity contribution >= 4 is 35.3 Å². The fourth-order valence-corrected chi connectivity index (χ4v) is 4.00. The number of carboxylic acid groups (broad SMARTS) is 1. The number of carbonyl (C=O) groups is 3. The van der Waals surface area contributed by atoms with Crippen molar-refractivity contribution in [3.05, 3.63) is 119 Å². The molecule has 2 amide bonds. The van der Waals surface area contributed by atoms with Gasteiger partial charge in [0.1, 0.15) is 17.3 Å². The molecule has 0 saturated heterocycles. The number of furan rings is 1. The lowest BCUT2D eigenvalue weighted by Crippen LogP contribution is -2.22. The van der Waals surface area contributed by atoms with Crippen LogP contribution in [0.25, 0.3) is 17.4 Å². The number of carbonyl (C=O) groups excluding carboxylic acids is 2. The average molecular weight is 524 g/mol. The van der Waals surface area contributed by atoms with Gasteiger partial charge in [0.15, 0.2) is 0 Å². The first-order chi connectivity index (χ1) is 18.8. The second-order valence-corrected chi connectivity index (χ2v) is 8.80. The zero-order valence-corrected chi connectivity index (χ0v) is 20.7. The lowest BCUT2D eigenvalue weighted by atomic mass is 10.1. The SMILES string of the molecule is CC1=NN(c2ccc(C(=O)O)cc2)C(=O)C1=Cc1ccc(-c2ccc(C(=O)NCc3ccc(F)cc3)cc2)o1. The summed E-state index contributed by atoms with van der Waals surface area (Å²) in [6, 6.07) is 22.2. The molecule has 1 aliphatic heterocycles. The summed E-state index contributed by atoms with van der Waals surface area (Å²) in [5.41, 5.74) is 3.42. The fourth-order valence-electron chi connectivity index (χ4n) is 4.00. The van der Waals surface area contributed by atoms with Gasteiger partial charge >= 0.3 is 5.97 Å². The molecule has 3 aromatic carbocycles. The number of nitrogens with zero attached hydrogens (tertiary/aromatic N) is 2. The van der Waals surface area contributed by atoms with Crippen LogP contribution in [0.15, 0.2) is 100 Å². The number of nitrogens with one attached hydrogen (secondary N) is 1. The van der Waals surface area contributed by atoms with E-state index in [0.717, 1.165) is 11.1 Å². The van der Waals surface area contributed by atoms with Crippen molar-refractivity contribution in [1.82, 2.24) is 5.32 Å². The smallest absolute Gasteiger partial charge is 0.335 e. The molecule has 0 radical (unpaired) electrons. The molecule has 0 spiro atoms. The molecule has 0 saturated carbocycles. The van der Waals surface area contributed by atoms with Crippen molar-refractivity contribution in [2.45, 2.75) is 13.5 Å². The van der Waals surface area contributed by atoms with Crippen molar-refractivity contribution in [2.24, 2.45) is 5.10 Å². The van der Waals surface area contributed by atoms with Gasteiger partial charge in [-0.15, -0.1) is 0 Å². The van der Waals surface area contributed by atoms with Crippen LogP contribution in [0.3, 0.4) is 0 Å². The van der Waals surface area contributed by atoms with Gasteiger partial charge in [-0.2, -0.15) is 10.1 Å². The van der Waals surface area contributed by atoms with Crippen molar-refractivity contribution < 1.29 is 28.3 Å². The monoisotopic (exact) mass is 523 g/mol. The third-order valence-electron chi connectivity index (χ3n) is 6.13. The van der Waals surface area contributed by atoms with Gasteiger partial charge < -0.3 is 14.8 Å². The third-order valence-corrected chi connectivity index (χ3v) is 6.13. The molecule has 4 aromatic rings. The number of halogens is 1. The van der Waals surface area contributed by atoms with Crippen molar-refractivity contribution in [1.29, 1.82) is 0 Å². The van der Waals surface area contributed by atoms with Crippen LogP contribution < -0.4 is 10.3 Å². The van der Waals surface area contributed by atoms with Crippen LogP contribution in [-0.2, 0) is 11.3 Å². The first kappa shape index (κ1) is 25.3. The topological polar surface area (TPSA) is 112 Å². The zero-order chi connectivity index (χ0) is 27.5. The fraction of sp³-hybridized carbons (Fsp3) is 0.0667. The van der Waals surface area contributed by atoms with Crippen molar-refractivity contribution in [3.63, 3.8) is 0 Å². The normalized spacial score (nSPS) is 14.0. The molecule has 0 fully saturated rings. The molecule has 194 valence electrons. The van der Waals surface area contributed by atoms with E-state index in [-0.39, 0.29) is 29.7 Å². The molecule has 1 aromatic heterocycles. The molecule has 39 heavy (non-hydrogen) atoms. The lowest BCUT2D eigenvalue weighted by Gasteiger charge is -2.11. The Bertz CT molecular complexity index is 1620. The van der Waals surface area contributed by atoms with Crippen LogP contribution in [0.2, 0.25) is 0 Å². The van der Waals surface area contributed by atoms with Gasteiger partial charge in [-0.1, -0.05) is 24.3 Å². The predicted molar refractivity (Wildman–Crippen MR) is 144 cm³/mol. The minimum atomic E-state index is -1.05. The Kier molecular flexibility index (Phi) is 6.88. The van der Waals surface area contributed by atoms with E-state index in [4.69, 9.17) is 9.52 Å². The van der Waals surface area contributed by atoms with E-state index >= 15 is 0 Å². The number of hydrogen-bond donors (Lipinski definition) is 2. The van der Waals surface area contributed by atoms with Crippen LogP contribution in [0.1, 0.15) is 39.0 Å². The van der Waals surface area contributed by atoms with Crippen molar-refractivity contribution in [2.75, 3.05) is 5.01 Å². The molecule has 0 aliphatic carbocycles. The Labute approximate surface area is 222 Å². The summed E-state index contributed by atoms with van der Waals surface area (Å²) in [4.78, 5) is 36.6. The molecule has 9 heteroatoms. The molecule has 5 rings (SSSR count). The molecule has 0 atom stereocenters. The van der Waals surface area contributed by atoms with Crippen LogP contribution in [0.4, 0.5) is 10.1 Å². The number of anilines is 1. The summed E-state index contributed by atoms with van der Waals surface area (Å²) in [5, 5.41) is 17.4. The number of benzene rings is 3. The van der Waals surface area contributed by atoms with Crippen LogP contribution in [-0.4, -0.2) is 28.6 Å². The molecule has 2 heterocycles. The third kappa shape index (κ3) is 5.52. The number of hydrazone groups is 1. The van der Waals surface area contributed by atoms with Gasteiger partial charge in [-0.3, -0.25) is 9.59 Å². The number of amides is 2. The summed E-state index contributed by atoms with van der Waals surface area (Å²) in [6.45, 7) is 1.99. The molecule has 2 N–H and O–H groups in total. The molecule has 0 unspecified atom stereocenters. The first-order valence-corrected chi connectivity index (χ1v) is 12.0. The summed E-state index contributed by atoms with van der Waals surface area (Å²) < 4.78 is 19.0. The van der Waals surface area contributed by atoms with E-state index in [0.29, 0.717) is 34.1 Å². The first-order valence-electron chi connectivity index (χ1n) is 12.0. The Hall–Kier alpha value is -5.31. The summed E-state index contributed by atoms with van der Waals surface area (Å²) >= 11 is 0. The van der Waals surface area contributed by atoms with Gasteiger partial charge in [0, 0.05) is 17.7 Å². The van der Waals surface area contributed by atoms with Gasteiger partial charge in [0.25, 0.3) is 11.8 Å². The molecular formula is C30H22FN3O5. The van der Waals surface area contributed by atoms with E-state index in [1.165, 1.54) is 41.4 Å². The van der Waals surface area contributed by atoms with E-state index in [1.54, 1.807) is 61.5 Å². The Morgan fingerprint density at radius 2 is 1.62 bits per heavy atom. The summed E-state index contributed by atoms with van der Waals surface area (Å²) in [5.74, 6) is -0.990. The van der Waals surface area contributed by atoms with Gasteiger partial charge in [0.05, 0.1) is 22.5 Å². The summed E-state index contributed by atoms with van der Waals surface area (Å²) in [7, 11) is 0. The molecular weight excluding hydrogens is 501 g/mol. The van der Waals surface area contributed by atoms with E-state index in [9.17, 15) is 18.8 Å².